The molecule has 3 aromatic rings. The molecule has 9 heteroatoms. The number of anilines is 2. The third-order valence-corrected chi connectivity index (χ3v) is 5.56. The molecule has 0 unspecified atom stereocenters. The maximum absolute atomic E-state index is 12.8. The average Bonchev–Trinajstić information content (AvgIpc) is 2.84. The maximum atomic E-state index is 12.8. The first kappa shape index (κ1) is 22.2. The second-order valence-electron chi connectivity index (χ2n) is 7.78. The van der Waals surface area contributed by atoms with E-state index in [4.69, 9.17) is 9.47 Å². The van der Waals surface area contributed by atoms with Crippen LogP contribution in [-0.2, 0) is 0 Å². The van der Waals surface area contributed by atoms with Gasteiger partial charge >= 0.3 is 6.03 Å². The van der Waals surface area contributed by atoms with Gasteiger partial charge < -0.3 is 24.6 Å². The van der Waals surface area contributed by atoms with Crippen molar-refractivity contribution in [3.05, 3.63) is 70.5 Å². The van der Waals surface area contributed by atoms with Crippen LogP contribution in [0.3, 0.4) is 0 Å². The van der Waals surface area contributed by atoms with Crippen molar-refractivity contribution in [2.24, 2.45) is 0 Å². The van der Waals surface area contributed by atoms with Crippen LogP contribution in [0.2, 0.25) is 0 Å². The van der Waals surface area contributed by atoms with Gasteiger partial charge in [0.05, 0.1) is 19.9 Å². The van der Waals surface area contributed by atoms with E-state index < -0.39 is 0 Å². The van der Waals surface area contributed by atoms with Crippen molar-refractivity contribution >= 4 is 17.5 Å². The Balaban J connectivity index is 1.42. The molecule has 0 saturated carbocycles. The number of rotatable bonds is 5. The number of benzene rings is 2. The number of hydrogen-bond acceptors (Lipinski definition) is 6. The number of nitrogens with one attached hydrogen (secondary N) is 1. The van der Waals surface area contributed by atoms with Gasteiger partial charge in [-0.2, -0.15) is 4.68 Å². The molecule has 2 amide bonds. The van der Waals surface area contributed by atoms with Crippen molar-refractivity contribution in [3.63, 3.8) is 0 Å². The lowest BCUT2D eigenvalue weighted by atomic mass is 10.2. The fraction of sp³-hybridized carbons (Fsp3) is 0.292. The minimum absolute atomic E-state index is 0.186. The Hall–Kier alpha value is -4.01. The van der Waals surface area contributed by atoms with E-state index in [1.807, 2.05) is 31.2 Å². The standard InChI is InChI=1S/C24H27N5O4/c1-17-4-6-19(7-5-17)29-23(30)9-8-22(26-29)27-10-12-28(13-11-27)24(31)25-18-14-20(32-2)16-21(15-18)33-3/h4-9,14-16H,10-13H2,1-3H3,(H,25,31). The van der Waals surface area contributed by atoms with E-state index in [1.54, 1.807) is 43.4 Å². The van der Waals surface area contributed by atoms with Gasteiger partial charge in [-0.3, -0.25) is 4.79 Å². The van der Waals surface area contributed by atoms with Crippen LogP contribution in [0, 0.1) is 6.92 Å². The van der Waals surface area contributed by atoms with Crippen LogP contribution in [-0.4, -0.2) is 61.1 Å². The predicted molar refractivity (Wildman–Crippen MR) is 127 cm³/mol. The van der Waals surface area contributed by atoms with E-state index in [0.29, 0.717) is 49.2 Å². The fourth-order valence-electron chi connectivity index (χ4n) is 3.66. The number of aryl methyl sites for hydroxylation is 1. The van der Waals surface area contributed by atoms with Gasteiger partial charge in [0.1, 0.15) is 17.3 Å². The predicted octanol–water partition coefficient (Wildman–Crippen LogP) is 2.91. The Morgan fingerprint density at radius 1 is 0.909 bits per heavy atom. The third kappa shape index (κ3) is 5.08. The van der Waals surface area contributed by atoms with Crippen LogP contribution in [0.25, 0.3) is 5.69 Å². The number of carbonyl (C=O) groups is 1. The summed E-state index contributed by atoms with van der Waals surface area (Å²) in [6, 6.07) is 16.0. The lowest BCUT2D eigenvalue weighted by molar-refractivity contribution is 0.208. The molecule has 1 saturated heterocycles. The minimum atomic E-state index is -0.192. The molecule has 0 atom stereocenters. The van der Waals surface area contributed by atoms with Crippen molar-refractivity contribution < 1.29 is 14.3 Å². The number of nitrogens with zero attached hydrogens (tertiary/aromatic N) is 4. The number of methoxy groups -OCH3 is 2. The number of aromatic nitrogens is 2. The smallest absolute Gasteiger partial charge is 0.321 e. The molecule has 0 aliphatic carbocycles. The van der Waals surface area contributed by atoms with E-state index in [-0.39, 0.29) is 11.6 Å². The Labute approximate surface area is 192 Å². The summed E-state index contributed by atoms with van der Waals surface area (Å²) in [6.45, 7) is 4.26. The van der Waals surface area contributed by atoms with Crippen LogP contribution in [0.15, 0.2) is 59.4 Å². The van der Waals surface area contributed by atoms with Gasteiger partial charge in [0.15, 0.2) is 0 Å². The second kappa shape index (κ2) is 9.64. The number of carbonyl (C=O) groups excluding carboxylic acids is 1. The molecule has 0 spiro atoms. The first-order chi connectivity index (χ1) is 16.0. The Morgan fingerprint density at radius 3 is 2.15 bits per heavy atom. The molecular formula is C24H27N5O4. The Morgan fingerprint density at radius 2 is 1.55 bits per heavy atom. The van der Waals surface area contributed by atoms with E-state index in [9.17, 15) is 9.59 Å². The van der Waals surface area contributed by atoms with Gasteiger partial charge in [-0.05, 0) is 25.1 Å². The van der Waals surface area contributed by atoms with Gasteiger partial charge in [0.25, 0.3) is 5.56 Å². The average molecular weight is 450 g/mol. The molecule has 9 nitrogen and oxygen atoms in total. The molecule has 1 aliphatic rings. The number of hydrogen-bond donors (Lipinski definition) is 1. The largest absolute Gasteiger partial charge is 0.497 e. The van der Waals surface area contributed by atoms with E-state index >= 15 is 0 Å². The van der Waals surface area contributed by atoms with Crippen molar-refractivity contribution in [2.75, 3.05) is 50.6 Å². The maximum Gasteiger partial charge on any atom is 0.321 e. The summed E-state index contributed by atoms with van der Waals surface area (Å²) in [5.74, 6) is 1.90. The first-order valence-electron chi connectivity index (χ1n) is 10.7. The van der Waals surface area contributed by atoms with Gasteiger partial charge in [-0.25, -0.2) is 4.79 Å². The highest BCUT2D eigenvalue weighted by Crippen LogP contribution is 2.26. The summed E-state index contributed by atoms with van der Waals surface area (Å²) >= 11 is 0. The summed E-state index contributed by atoms with van der Waals surface area (Å²) in [5.41, 5.74) is 2.25. The fourth-order valence-corrected chi connectivity index (χ4v) is 3.66. The summed E-state index contributed by atoms with van der Waals surface area (Å²) in [5, 5.41) is 7.46. The van der Waals surface area contributed by atoms with Crippen molar-refractivity contribution in [2.45, 2.75) is 6.92 Å². The molecular weight excluding hydrogens is 422 g/mol. The number of ether oxygens (including phenoxy) is 2. The highest BCUT2D eigenvalue weighted by molar-refractivity contribution is 5.90. The first-order valence-corrected chi connectivity index (χ1v) is 10.7. The van der Waals surface area contributed by atoms with Gasteiger partial charge in [-0.1, -0.05) is 17.7 Å². The Kier molecular flexibility index (Phi) is 6.48. The summed E-state index contributed by atoms with van der Waals surface area (Å²) < 4.78 is 11.9. The molecule has 2 aromatic carbocycles. The van der Waals surface area contributed by atoms with E-state index in [0.717, 1.165) is 11.3 Å². The van der Waals surface area contributed by atoms with Gasteiger partial charge in [-0.15, -0.1) is 5.10 Å². The molecule has 172 valence electrons. The van der Waals surface area contributed by atoms with Crippen molar-refractivity contribution in [1.82, 2.24) is 14.7 Å². The van der Waals surface area contributed by atoms with Crippen LogP contribution >= 0.6 is 0 Å². The van der Waals surface area contributed by atoms with Crippen molar-refractivity contribution in [3.8, 4) is 17.2 Å². The number of amides is 2. The molecule has 0 bridgehead atoms. The third-order valence-electron chi connectivity index (χ3n) is 5.56. The zero-order valence-electron chi connectivity index (χ0n) is 18.9. The SMILES string of the molecule is COc1cc(NC(=O)N2CCN(c3ccc(=O)n(-c4ccc(C)cc4)n3)CC2)cc(OC)c1. The molecule has 4 rings (SSSR count). The molecule has 2 heterocycles. The van der Waals surface area contributed by atoms with Gasteiger partial charge in [0, 0.05) is 56.1 Å². The summed E-state index contributed by atoms with van der Waals surface area (Å²) in [4.78, 5) is 28.9. The molecule has 33 heavy (non-hydrogen) atoms. The van der Waals surface area contributed by atoms with Crippen LogP contribution in [0.5, 0.6) is 11.5 Å². The zero-order valence-corrected chi connectivity index (χ0v) is 18.9. The quantitative estimate of drug-likeness (QED) is 0.644. The molecule has 1 aromatic heterocycles. The highest BCUT2D eigenvalue weighted by atomic mass is 16.5. The number of piperazine rings is 1. The number of urea groups is 1. The molecule has 1 fully saturated rings. The minimum Gasteiger partial charge on any atom is -0.497 e. The highest BCUT2D eigenvalue weighted by Gasteiger charge is 2.23. The van der Waals surface area contributed by atoms with Crippen LogP contribution in [0.1, 0.15) is 5.56 Å². The normalized spacial score (nSPS) is 13.5. The zero-order chi connectivity index (χ0) is 23.4. The van der Waals surface area contributed by atoms with Crippen LogP contribution < -0.4 is 25.2 Å². The lowest BCUT2D eigenvalue weighted by Gasteiger charge is -2.35. The van der Waals surface area contributed by atoms with E-state index in [1.165, 1.54) is 10.7 Å². The lowest BCUT2D eigenvalue weighted by Crippen LogP contribution is -2.50. The molecule has 0 radical (unpaired) electrons. The molecule has 1 N–H and O–H groups in total. The summed E-state index contributed by atoms with van der Waals surface area (Å²) in [6.07, 6.45) is 0. The molecule has 1 aliphatic heterocycles. The van der Waals surface area contributed by atoms with Gasteiger partial charge in [0.2, 0.25) is 0 Å². The topological polar surface area (TPSA) is 88.9 Å². The second-order valence-corrected chi connectivity index (χ2v) is 7.78. The van der Waals surface area contributed by atoms with Crippen LogP contribution in [0.4, 0.5) is 16.3 Å². The monoisotopic (exact) mass is 449 g/mol. The van der Waals surface area contributed by atoms with E-state index in [2.05, 4.69) is 15.3 Å². The summed E-state index contributed by atoms with van der Waals surface area (Å²) in [7, 11) is 3.13. The van der Waals surface area contributed by atoms with Crippen molar-refractivity contribution in [1.29, 1.82) is 0 Å². The Bertz CT molecular complexity index is 1160.